The van der Waals surface area contributed by atoms with Crippen LogP contribution in [0, 0.1) is 41.7 Å². The van der Waals surface area contributed by atoms with Crippen molar-refractivity contribution in [1.82, 2.24) is 53.8 Å². The minimum Gasteiger partial charge on any atom is -0.479 e. The van der Waals surface area contributed by atoms with E-state index in [-0.39, 0.29) is 109 Å². The number of alkyl halides is 2. The van der Waals surface area contributed by atoms with Gasteiger partial charge in [0.25, 0.3) is 0 Å². The summed E-state index contributed by atoms with van der Waals surface area (Å²) in [5.41, 5.74) is 8.90. The average Bonchev–Trinajstić information content (AvgIpc) is 1.62. The van der Waals surface area contributed by atoms with Gasteiger partial charge in [0, 0.05) is 44.8 Å². The van der Waals surface area contributed by atoms with Gasteiger partial charge in [-0.2, -0.15) is 30.1 Å². The molecule has 94 heavy (non-hydrogen) atoms. The molecule has 0 spiro atoms. The van der Waals surface area contributed by atoms with Crippen LogP contribution in [0.3, 0.4) is 0 Å². The Morgan fingerprint density at radius 1 is 0.713 bits per heavy atom. The molecule has 0 saturated carbocycles. The molecule has 516 valence electrons. The summed E-state index contributed by atoms with van der Waals surface area (Å²) in [4.78, 5) is 57.7. The zero-order valence-corrected chi connectivity index (χ0v) is 56.2. The molecule has 2 fully saturated rings. The number of methoxy groups -OCH3 is 2. The Hall–Kier alpha value is -6.17. The van der Waals surface area contributed by atoms with Gasteiger partial charge >= 0.3 is 27.4 Å². The first-order chi connectivity index (χ1) is 43.3. The zero-order valence-electron chi connectivity index (χ0n) is 52.0. The maximum atomic E-state index is 15.9. The molecule has 8 aromatic rings. The molecule has 0 aliphatic carbocycles. The van der Waals surface area contributed by atoms with Gasteiger partial charge in [-0.25, -0.2) is 27.9 Å². The minimum atomic E-state index is -4.29. The quantitative estimate of drug-likeness (QED) is 0.0206. The fourth-order valence-corrected chi connectivity index (χ4v) is 12.8. The van der Waals surface area contributed by atoms with E-state index >= 15 is 4.39 Å². The predicted molar refractivity (Wildman–Crippen MR) is 342 cm³/mol. The summed E-state index contributed by atoms with van der Waals surface area (Å²) in [5.74, 6) is -0.849. The Bertz CT molecular complexity index is 3970. The fraction of sp³-hybridized carbons (Fsp3) is 0.456. The molecule has 10 rings (SSSR count). The maximum absolute atomic E-state index is 15.9. The van der Waals surface area contributed by atoms with Crippen LogP contribution in [0.1, 0.15) is 75.3 Å². The van der Waals surface area contributed by atoms with Crippen LogP contribution in [0.5, 0.6) is 23.3 Å². The number of nitrogens with one attached hydrogen (secondary N) is 2. The van der Waals surface area contributed by atoms with Crippen molar-refractivity contribution in [3.8, 4) is 23.3 Å². The molecule has 12 atom stereocenters. The molecule has 10 N–H and O–H groups in total. The minimum absolute atomic E-state index is 0. The number of aliphatic hydroxyl groups is 3. The monoisotopic (exact) mass is 1420 g/mol. The van der Waals surface area contributed by atoms with Gasteiger partial charge in [-0.15, -0.1) is 11.3 Å². The number of esters is 2. The maximum Gasteiger partial charge on any atom is 0.459 e. The predicted octanol–water partition coefficient (Wildman–Crippen LogP) is 7.63. The first kappa shape index (κ1) is 78.5. The van der Waals surface area contributed by atoms with Crippen LogP contribution >= 0.6 is 39.0 Å². The van der Waals surface area contributed by atoms with Crippen LogP contribution in [0.4, 0.5) is 20.7 Å². The normalized spacial score (nSPS) is 22.5. The number of aliphatic hydroxyl groups excluding tert-OH is 3. The zero-order chi connectivity index (χ0) is 67.6. The van der Waals surface area contributed by atoms with Gasteiger partial charge in [0.05, 0.1) is 62.5 Å². The number of carbonyl (C=O) groups is 2. The molecule has 37 heteroatoms. The molecule has 7 heterocycles. The Kier molecular flexibility index (Phi) is 28.1. The van der Waals surface area contributed by atoms with Crippen molar-refractivity contribution in [3.05, 3.63) is 102 Å². The molecule has 30 nitrogen and oxygen atoms in total. The van der Waals surface area contributed by atoms with Gasteiger partial charge in [-0.3, -0.25) is 23.2 Å². The number of para-hydroxylation sites is 3. The molecule has 3 aromatic carbocycles. The summed E-state index contributed by atoms with van der Waals surface area (Å²) >= 11 is 6.79. The van der Waals surface area contributed by atoms with Crippen LogP contribution < -0.4 is 40.2 Å². The van der Waals surface area contributed by atoms with Crippen molar-refractivity contribution in [2.75, 3.05) is 38.9 Å². The van der Waals surface area contributed by atoms with Crippen LogP contribution in [0.15, 0.2) is 97.6 Å². The van der Waals surface area contributed by atoms with Gasteiger partial charge in [-0.05, 0) is 104 Å². The second-order valence-corrected chi connectivity index (χ2v) is 26.3. The molecule has 2 aliphatic heterocycles. The SMILES string of the molecule is C.CC(C)OC(=O)[C@H](C)NP(=O)(O)Oc1ccccc1.COc1nc(N)nc2c1ncn2[C@@H]1O[C@H](CO)[C@@H](O)[C@@]1(C)F.COc1nc(N)nc2c1ncn2[C@@H]1O[C@H](COP(=O)(N[C@@H](C)C(=O)OC(C)C)Oc2ccccc2)[C@@H](O)[C@@]1(C)F.Cn1c(=S)sc2ccccc21.[Ar]. The summed E-state index contributed by atoms with van der Waals surface area (Å²) in [7, 11) is -3.64. The van der Waals surface area contributed by atoms with Gasteiger partial charge < -0.3 is 73.7 Å². The van der Waals surface area contributed by atoms with E-state index in [1.807, 2.05) is 23.7 Å². The van der Waals surface area contributed by atoms with E-state index in [0.29, 0.717) is 0 Å². The van der Waals surface area contributed by atoms with Crippen molar-refractivity contribution in [3.63, 3.8) is 0 Å². The van der Waals surface area contributed by atoms with Crippen molar-refractivity contribution in [2.45, 2.75) is 135 Å². The van der Waals surface area contributed by atoms with E-state index in [1.165, 1.54) is 79.1 Å². The largest absolute Gasteiger partial charge is 0.479 e. The van der Waals surface area contributed by atoms with Gasteiger partial charge in [0.15, 0.2) is 50.1 Å². The number of halogens is 2. The van der Waals surface area contributed by atoms with E-state index in [0.717, 1.165) is 10.9 Å². The number of ether oxygens (including phenoxy) is 6. The van der Waals surface area contributed by atoms with E-state index in [4.69, 9.17) is 65.7 Å². The molecule has 2 unspecified atom stereocenters. The number of imidazole rings is 2. The molecular formula is C57H77ArF2N13O17P2S2. The topological polar surface area (TPSA) is 400 Å². The number of hydrogen-bond donors (Lipinski definition) is 8. The summed E-state index contributed by atoms with van der Waals surface area (Å²) < 4.78 is 111. The summed E-state index contributed by atoms with van der Waals surface area (Å²) in [6, 6.07) is 22.5. The number of anilines is 2. The van der Waals surface area contributed by atoms with E-state index in [2.05, 4.69) is 52.2 Å². The number of thiazole rings is 1. The van der Waals surface area contributed by atoms with Crippen molar-refractivity contribution >= 4 is 95.4 Å². The third-order valence-electron chi connectivity index (χ3n) is 13.5. The van der Waals surface area contributed by atoms with E-state index < -0.39 is 107 Å². The fourth-order valence-electron chi connectivity index (χ4n) is 9.02. The Balaban J connectivity index is 0.000000249. The van der Waals surface area contributed by atoms with Crippen molar-refractivity contribution in [2.24, 2.45) is 7.05 Å². The first-order valence-electron chi connectivity index (χ1n) is 28.1. The number of nitrogen functional groups attached to an aromatic ring is 2. The second kappa shape index (κ2) is 33.7. The van der Waals surface area contributed by atoms with Gasteiger partial charge in [-0.1, -0.05) is 56.0 Å². The number of benzene rings is 3. The number of carbonyl (C=O) groups excluding carboxylic acids is 2. The van der Waals surface area contributed by atoms with Crippen LogP contribution in [-0.2, 0) is 49.2 Å². The summed E-state index contributed by atoms with van der Waals surface area (Å²) in [6.45, 7) is 10.8. The number of aromatic nitrogens is 9. The van der Waals surface area contributed by atoms with Crippen molar-refractivity contribution in [1.29, 1.82) is 0 Å². The molecule has 2 saturated heterocycles. The molecular weight excluding hydrogens is 1340 g/mol. The Morgan fingerprint density at radius 2 is 1.14 bits per heavy atom. The third-order valence-corrected chi connectivity index (χ3v) is 17.8. The van der Waals surface area contributed by atoms with Gasteiger partial charge in [0.1, 0.15) is 48.0 Å². The molecule has 2 aliphatic rings. The van der Waals surface area contributed by atoms with Crippen LogP contribution in [0.2, 0.25) is 0 Å². The van der Waals surface area contributed by atoms with Crippen LogP contribution in [0.25, 0.3) is 32.5 Å². The number of nitrogens with two attached hydrogens (primary N) is 2. The second-order valence-electron chi connectivity index (χ2n) is 21.4. The summed E-state index contributed by atoms with van der Waals surface area (Å²) in [5, 5.41) is 34.7. The smallest absolute Gasteiger partial charge is 0.459 e. The standard InChI is InChI=1S/C24H32FN6O8P.C12H16FN5O4.C12H18NO5P.C8H7NS2.CH4.Ar/c1-13(2)37-21(33)14(3)30-40(34,39-15-9-7-6-8-10-15)36-11-16-18(32)24(4,25)22(38-16)31-12-27-17-19(31)28-23(26)29-20(17)35-5;1-12(13)7(20)5(3-19)22-10(12)18-4-15-6-8(18)16-11(14)17-9(6)21-2;1-9(2)17-12(14)10(3)13-19(15,16)18-11-7-5-4-6-8-11;1-9-6-4-2-3-5-7(6)11-8(9)10;;/h6-10,12-14,16,18,22,32H,11H2,1-5H3,(H,30,34)(H2,26,28,29);4-5,7,10,19-20H,3H2,1-2H3,(H2,14,16,17);4-10H,1-3H3,(H2,13,15,16);2-5H,1H3;1H4;/t14-,16+,18+,22+,24+,40?;5-,7-,10-,12-;10-;;;/m010.../s1. The summed E-state index contributed by atoms with van der Waals surface area (Å²) in [6.07, 6.45) is -6.36. The first-order valence-corrected chi connectivity index (χ1v) is 32.5. The van der Waals surface area contributed by atoms with Crippen molar-refractivity contribution < 1.29 is 127 Å². The Morgan fingerprint density at radius 3 is 1.57 bits per heavy atom. The number of nitrogens with zero attached hydrogens (tertiary/aromatic N) is 9. The third kappa shape index (κ3) is 19.3. The Labute approximate surface area is 578 Å². The molecule has 0 radical (unpaired) electrons. The molecule has 5 aromatic heterocycles. The number of aryl methyl sites for hydroxylation is 1. The van der Waals surface area contributed by atoms with E-state index in [1.54, 1.807) is 87.6 Å². The van der Waals surface area contributed by atoms with E-state index in [9.17, 15) is 43.3 Å². The number of rotatable bonds is 20. The number of hydrogen-bond acceptors (Lipinski definition) is 26. The number of fused-ring (bicyclic) bond motifs is 3. The molecule has 0 bridgehead atoms. The molecule has 0 amide bonds. The average molecular weight is 1420 g/mol. The van der Waals surface area contributed by atoms with Gasteiger partial charge in [0.2, 0.25) is 23.7 Å². The van der Waals surface area contributed by atoms with Crippen LogP contribution in [-0.4, -0.2) is 163 Å².